The first-order valence-corrected chi connectivity index (χ1v) is 11.4. The molecule has 0 aliphatic carbocycles. The van der Waals surface area contributed by atoms with Gasteiger partial charge in [0.1, 0.15) is 17.2 Å². The van der Waals surface area contributed by atoms with Gasteiger partial charge in [-0.15, -0.1) is 0 Å². The van der Waals surface area contributed by atoms with E-state index in [4.69, 9.17) is 14.2 Å². The van der Waals surface area contributed by atoms with E-state index in [1.807, 2.05) is 0 Å². The Morgan fingerprint density at radius 2 is 1.61 bits per heavy atom. The number of nitrogens with zero attached hydrogens (tertiary/aromatic N) is 1. The lowest BCUT2D eigenvalue weighted by Gasteiger charge is -2.19. The zero-order valence-electron chi connectivity index (χ0n) is 18.6. The van der Waals surface area contributed by atoms with E-state index in [0.29, 0.717) is 35.9 Å². The quantitative estimate of drug-likeness (QED) is 0.566. The highest BCUT2D eigenvalue weighted by molar-refractivity contribution is 7.89. The number of ether oxygens (including phenoxy) is 3. The number of carbonyl (C=O) groups excluding carboxylic acids is 1. The van der Waals surface area contributed by atoms with Crippen LogP contribution >= 0.6 is 0 Å². The van der Waals surface area contributed by atoms with Gasteiger partial charge in [-0.25, -0.2) is 8.42 Å². The second kappa shape index (κ2) is 11.0. The third-order valence-electron chi connectivity index (χ3n) is 4.84. The normalized spacial score (nSPS) is 11.3. The van der Waals surface area contributed by atoms with Crippen molar-refractivity contribution in [3.05, 3.63) is 47.5 Å². The number of amides is 1. The molecule has 170 valence electrons. The lowest BCUT2D eigenvalue weighted by molar-refractivity contribution is -0.123. The Labute approximate surface area is 184 Å². The van der Waals surface area contributed by atoms with E-state index in [1.165, 1.54) is 10.4 Å². The van der Waals surface area contributed by atoms with Crippen LogP contribution in [0.2, 0.25) is 0 Å². The van der Waals surface area contributed by atoms with Crippen molar-refractivity contribution >= 4 is 15.9 Å². The fourth-order valence-corrected chi connectivity index (χ4v) is 4.68. The Bertz CT molecular complexity index is 981. The molecule has 9 heteroatoms. The number of nitrogens with one attached hydrogen (secondary N) is 1. The summed E-state index contributed by atoms with van der Waals surface area (Å²) in [7, 11) is -0.446. The van der Waals surface area contributed by atoms with Crippen LogP contribution in [0.1, 0.15) is 25.0 Å². The molecule has 0 saturated heterocycles. The summed E-state index contributed by atoms with van der Waals surface area (Å²) >= 11 is 0. The van der Waals surface area contributed by atoms with Gasteiger partial charge >= 0.3 is 0 Å². The third-order valence-corrected chi connectivity index (χ3v) is 6.89. The van der Waals surface area contributed by atoms with Crippen molar-refractivity contribution in [2.75, 3.05) is 33.9 Å². The summed E-state index contributed by atoms with van der Waals surface area (Å²) in [4.78, 5) is 12.5. The maximum absolute atomic E-state index is 12.6. The molecule has 0 spiro atoms. The van der Waals surface area contributed by atoms with Gasteiger partial charge in [0.15, 0.2) is 6.61 Å². The van der Waals surface area contributed by atoms with Crippen LogP contribution in [0.15, 0.2) is 41.3 Å². The average Bonchev–Trinajstić information content (AvgIpc) is 2.76. The number of rotatable bonds is 11. The minimum atomic E-state index is -3.55. The van der Waals surface area contributed by atoms with Crippen molar-refractivity contribution in [3.8, 4) is 17.2 Å². The van der Waals surface area contributed by atoms with Gasteiger partial charge in [0.2, 0.25) is 10.0 Å². The Morgan fingerprint density at radius 3 is 2.13 bits per heavy atom. The first kappa shape index (κ1) is 24.5. The standard InChI is InChI=1S/C22H30N2O6S/c1-6-24(7-2)31(26,27)17-11-12-19(16(3)13-17)30-15-22(25)23-14-18-20(28-4)9-8-10-21(18)29-5/h8-13H,6-7,14-15H2,1-5H3,(H,23,25). The van der Waals surface area contributed by atoms with Crippen LogP contribution in [-0.4, -0.2) is 52.5 Å². The molecule has 2 aromatic rings. The topological polar surface area (TPSA) is 94.2 Å². The van der Waals surface area contributed by atoms with E-state index in [2.05, 4.69) is 5.32 Å². The molecule has 0 aliphatic heterocycles. The first-order chi connectivity index (χ1) is 14.8. The fourth-order valence-electron chi connectivity index (χ4n) is 3.14. The van der Waals surface area contributed by atoms with Gasteiger partial charge in [-0.1, -0.05) is 19.9 Å². The number of sulfonamides is 1. The Kier molecular flexibility index (Phi) is 8.70. The molecule has 0 atom stereocenters. The highest BCUT2D eigenvalue weighted by atomic mass is 32.2. The number of carbonyl (C=O) groups is 1. The first-order valence-electron chi connectivity index (χ1n) is 9.98. The van der Waals surface area contributed by atoms with Crippen molar-refractivity contribution in [3.63, 3.8) is 0 Å². The summed E-state index contributed by atoms with van der Waals surface area (Å²) in [6.07, 6.45) is 0. The minimum Gasteiger partial charge on any atom is -0.496 e. The van der Waals surface area contributed by atoms with Crippen molar-refractivity contribution in [1.82, 2.24) is 9.62 Å². The van der Waals surface area contributed by atoms with E-state index in [9.17, 15) is 13.2 Å². The Morgan fingerprint density at radius 1 is 1.00 bits per heavy atom. The molecule has 0 aliphatic rings. The van der Waals surface area contributed by atoms with E-state index in [-0.39, 0.29) is 24.0 Å². The number of methoxy groups -OCH3 is 2. The van der Waals surface area contributed by atoms with Crippen LogP contribution in [0.25, 0.3) is 0 Å². The van der Waals surface area contributed by atoms with Gasteiger partial charge < -0.3 is 19.5 Å². The van der Waals surface area contributed by atoms with Gasteiger partial charge in [-0.3, -0.25) is 4.79 Å². The lowest BCUT2D eigenvalue weighted by Crippen LogP contribution is -2.30. The Balaban J connectivity index is 2.02. The highest BCUT2D eigenvalue weighted by Gasteiger charge is 2.22. The van der Waals surface area contributed by atoms with E-state index in [0.717, 1.165) is 5.56 Å². The summed E-state index contributed by atoms with van der Waals surface area (Å²) in [6.45, 7) is 6.14. The summed E-state index contributed by atoms with van der Waals surface area (Å²) in [6, 6.07) is 10.0. The molecule has 0 unspecified atom stereocenters. The van der Waals surface area contributed by atoms with Crippen LogP contribution in [0.4, 0.5) is 0 Å². The van der Waals surface area contributed by atoms with Crippen molar-refractivity contribution in [1.29, 1.82) is 0 Å². The fraction of sp³-hybridized carbons (Fsp3) is 0.409. The molecule has 31 heavy (non-hydrogen) atoms. The van der Waals surface area contributed by atoms with Crippen LogP contribution in [0.3, 0.4) is 0 Å². The molecule has 2 rings (SSSR count). The van der Waals surface area contributed by atoms with Crippen molar-refractivity contribution < 1.29 is 27.4 Å². The second-order valence-electron chi connectivity index (χ2n) is 6.72. The summed E-state index contributed by atoms with van der Waals surface area (Å²) in [5.41, 5.74) is 1.36. The molecule has 0 saturated carbocycles. The van der Waals surface area contributed by atoms with Gasteiger partial charge in [0, 0.05) is 13.1 Å². The van der Waals surface area contributed by atoms with E-state index >= 15 is 0 Å². The van der Waals surface area contributed by atoms with Gasteiger partial charge in [0.05, 0.1) is 31.2 Å². The minimum absolute atomic E-state index is 0.203. The zero-order chi connectivity index (χ0) is 23.0. The molecule has 0 heterocycles. The Hall–Kier alpha value is -2.78. The molecular weight excluding hydrogens is 420 g/mol. The predicted octanol–water partition coefficient (Wildman–Crippen LogP) is 2.74. The van der Waals surface area contributed by atoms with Gasteiger partial charge in [-0.05, 0) is 42.8 Å². The summed E-state index contributed by atoms with van der Waals surface area (Å²) < 4.78 is 42.9. The number of hydrogen-bond acceptors (Lipinski definition) is 6. The molecule has 0 aromatic heterocycles. The molecule has 8 nitrogen and oxygen atoms in total. The number of benzene rings is 2. The number of hydrogen-bond donors (Lipinski definition) is 1. The van der Waals surface area contributed by atoms with Crippen LogP contribution in [0.5, 0.6) is 17.2 Å². The van der Waals surface area contributed by atoms with Gasteiger partial charge in [-0.2, -0.15) is 4.31 Å². The smallest absolute Gasteiger partial charge is 0.258 e. The molecule has 0 bridgehead atoms. The summed E-state index contributed by atoms with van der Waals surface area (Å²) in [5, 5.41) is 2.78. The monoisotopic (exact) mass is 450 g/mol. The van der Waals surface area contributed by atoms with Crippen LogP contribution in [0, 0.1) is 6.92 Å². The molecule has 1 amide bonds. The zero-order valence-corrected chi connectivity index (χ0v) is 19.4. The van der Waals surface area contributed by atoms with E-state index in [1.54, 1.807) is 65.3 Å². The largest absolute Gasteiger partial charge is 0.496 e. The second-order valence-corrected chi connectivity index (χ2v) is 8.66. The predicted molar refractivity (Wildman–Crippen MR) is 118 cm³/mol. The van der Waals surface area contributed by atoms with Crippen LogP contribution < -0.4 is 19.5 Å². The average molecular weight is 451 g/mol. The highest BCUT2D eigenvalue weighted by Crippen LogP contribution is 2.28. The molecule has 0 radical (unpaired) electrons. The maximum Gasteiger partial charge on any atom is 0.258 e. The van der Waals surface area contributed by atoms with Gasteiger partial charge in [0.25, 0.3) is 5.91 Å². The van der Waals surface area contributed by atoms with E-state index < -0.39 is 10.0 Å². The molecule has 0 fully saturated rings. The molecular formula is C22H30N2O6S. The van der Waals surface area contributed by atoms with Crippen molar-refractivity contribution in [2.45, 2.75) is 32.2 Å². The molecule has 2 aromatic carbocycles. The van der Waals surface area contributed by atoms with Crippen molar-refractivity contribution in [2.24, 2.45) is 0 Å². The lowest BCUT2D eigenvalue weighted by atomic mass is 10.1. The number of aryl methyl sites for hydroxylation is 1. The SMILES string of the molecule is CCN(CC)S(=O)(=O)c1ccc(OCC(=O)NCc2c(OC)cccc2OC)c(C)c1. The third kappa shape index (κ3) is 5.89. The maximum atomic E-state index is 12.6. The van der Waals surface area contributed by atoms with Crippen LogP contribution in [-0.2, 0) is 21.4 Å². The molecule has 1 N–H and O–H groups in total. The summed E-state index contributed by atoms with van der Waals surface area (Å²) in [5.74, 6) is 1.35.